The summed E-state index contributed by atoms with van der Waals surface area (Å²) in [4.78, 5) is 0. The van der Waals surface area contributed by atoms with Gasteiger partial charge in [-0.25, -0.2) is 4.39 Å². The molecule has 0 spiro atoms. The van der Waals surface area contributed by atoms with E-state index in [9.17, 15) is 4.39 Å². The van der Waals surface area contributed by atoms with E-state index in [-0.39, 0.29) is 5.82 Å². The van der Waals surface area contributed by atoms with Crippen LogP contribution in [0.4, 0.5) is 4.39 Å². The Kier molecular flexibility index (Phi) is 3.09. The molecule has 0 radical (unpaired) electrons. The Balaban J connectivity index is 1.98. The monoisotopic (exact) mass is 346 g/mol. The van der Waals surface area contributed by atoms with Crippen LogP contribution in [0.3, 0.4) is 0 Å². The Morgan fingerprint density at radius 2 is 1.60 bits per heavy atom. The third kappa shape index (κ3) is 2.08. The summed E-state index contributed by atoms with van der Waals surface area (Å²) in [7, 11) is 0. The smallest absolute Gasteiger partial charge is 0.143 e. The van der Waals surface area contributed by atoms with Crippen molar-refractivity contribution in [3.05, 3.63) is 83.6 Å². The Labute approximate surface area is 148 Å². The molecule has 1 heterocycles. The quantitative estimate of drug-likeness (QED) is 0.313. The van der Waals surface area contributed by atoms with Gasteiger partial charge in [0.15, 0.2) is 0 Å². The van der Waals surface area contributed by atoms with Crippen molar-refractivity contribution in [1.29, 1.82) is 0 Å². The van der Waals surface area contributed by atoms with Crippen molar-refractivity contribution >= 4 is 44.3 Å². The molecule has 120 valence electrons. The lowest BCUT2D eigenvalue weighted by atomic mass is 9.98. The van der Waals surface area contributed by atoms with Crippen molar-refractivity contribution in [3.8, 4) is 11.1 Å². The van der Waals surface area contributed by atoms with E-state index in [1.807, 2.05) is 42.5 Å². The van der Waals surface area contributed by atoms with Crippen LogP contribution < -0.4 is 0 Å². The van der Waals surface area contributed by atoms with Gasteiger partial charge in [0.2, 0.25) is 0 Å². The summed E-state index contributed by atoms with van der Waals surface area (Å²) in [6.45, 7) is 0. The minimum Gasteiger partial charge on any atom is -0.455 e. The Morgan fingerprint density at radius 1 is 0.760 bits per heavy atom. The van der Waals surface area contributed by atoms with Crippen LogP contribution in [0.25, 0.3) is 43.8 Å². The van der Waals surface area contributed by atoms with Crippen molar-refractivity contribution < 1.29 is 8.81 Å². The first-order chi connectivity index (χ1) is 12.2. The highest BCUT2D eigenvalue weighted by Crippen LogP contribution is 2.41. The molecule has 5 aromatic rings. The summed E-state index contributed by atoms with van der Waals surface area (Å²) in [5.74, 6) is -0.338. The number of benzene rings is 4. The minimum absolute atomic E-state index is 0.338. The van der Waals surface area contributed by atoms with Gasteiger partial charge in [-0.1, -0.05) is 60.1 Å². The van der Waals surface area contributed by atoms with E-state index in [1.54, 1.807) is 12.1 Å². The van der Waals surface area contributed by atoms with E-state index in [0.29, 0.717) is 10.6 Å². The van der Waals surface area contributed by atoms with Crippen LogP contribution in [0.15, 0.2) is 77.2 Å². The maximum Gasteiger partial charge on any atom is 0.143 e. The van der Waals surface area contributed by atoms with Gasteiger partial charge in [0.25, 0.3) is 0 Å². The van der Waals surface area contributed by atoms with Gasteiger partial charge in [0.05, 0.1) is 5.02 Å². The van der Waals surface area contributed by atoms with E-state index < -0.39 is 0 Å². The van der Waals surface area contributed by atoms with Gasteiger partial charge >= 0.3 is 0 Å². The Hall–Kier alpha value is -2.84. The SMILES string of the molecule is Fc1cccc(Cl)c1-c1cccc2oc3c4ccccc4ccc3c12. The number of rotatable bonds is 1. The van der Waals surface area contributed by atoms with Crippen molar-refractivity contribution in [2.24, 2.45) is 0 Å². The van der Waals surface area contributed by atoms with E-state index >= 15 is 0 Å². The third-order valence-electron chi connectivity index (χ3n) is 4.62. The summed E-state index contributed by atoms with van der Waals surface area (Å²) >= 11 is 6.31. The predicted octanol–water partition coefficient (Wildman–Crippen LogP) is 7.20. The molecule has 0 N–H and O–H groups in total. The lowest BCUT2D eigenvalue weighted by molar-refractivity contribution is 0.631. The van der Waals surface area contributed by atoms with Crippen LogP contribution in [-0.4, -0.2) is 0 Å². The first kappa shape index (κ1) is 14.5. The molecule has 25 heavy (non-hydrogen) atoms. The zero-order valence-corrected chi connectivity index (χ0v) is 13.8. The lowest BCUT2D eigenvalue weighted by Crippen LogP contribution is -1.86. The molecule has 1 aromatic heterocycles. The van der Waals surface area contributed by atoms with Crippen LogP contribution in [0.2, 0.25) is 5.02 Å². The molecule has 0 unspecified atom stereocenters. The highest BCUT2D eigenvalue weighted by atomic mass is 35.5. The molecular weight excluding hydrogens is 335 g/mol. The molecule has 0 bridgehead atoms. The third-order valence-corrected chi connectivity index (χ3v) is 4.93. The predicted molar refractivity (Wildman–Crippen MR) is 102 cm³/mol. The van der Waals surface area contributed by atoms with Crippen molar-refractivity contribution in [2.45, 2.75) is 0 Å². The fourth-order valence-electron chi connectivity index (χ4n) is 3.52. The molecule has 4 aromatic carbocycles. The van der Waals surface area contributed by atoms with E-state index in [0.717, 1.165) is 38.3 Å². The molecule has 0 saturated carbocycles. The topological polar surface area (TPSA) is 13.1 Å². The standard InChI is InChI=1S/C22H12ClFO/c23-17-8-4-9-18(24)21(17)15-7-3-10-19-20(15)16-12-11-13-5-1-2-6-14(13)22(16)25-19/h1-12H. The van der Waals surface area contributed by atoms with Crippen LogP contribution >= 0.6 is 11.6 Å². The number of fused-ring (bicyclic) bond motifs is 5. The first-order valence-corrected chi connectivity index (χ1v) is 8.39. The molecule has 0 aliphatic rings. The van der Waals surface area contributed by atoms with Crippen LogP contribution in [0.1, 0.15) is 0 Å². The molecule has 1 nitrogen and oxygen atoms in total. The molecule has 0 aliphatic heterocycles. The van der Waals surface area contributed by atoms with E-state index in [4.69, 9.17) is 16.0 Å². The normalized spacial score (nSPS) is 11.6. The second kappa shape index (κ2) is 5.33. The first-order valence-electron chi connectivity index (χ1n) is 8.01. The van der Waals surface area contributed by atoms with Crippen molar-refractivity contribution in [3.63, 3.8) is 0 Å². The van der Waals surface area contributed by atoms with Gasteiger partial charge in [-0.05, 0) is 35.2 Å². The lowest BCUT2D eigenvalue weighted by Gasteiger charge is -2.07. The Morgan fingerprint density at radius 3 is 2.48 bits per heavy atom. The molecule has 0 fully saturated rings. The van der Waals surface area contributed by atoms with Crippen molar-refractivity contribution in [2.75, 3.05) is 0 Å². The fraction of sp³-hybridized carbons (Fsp3) is 0. The average molecular weight is 347 g/mol. The largest absolute Gasteiger partial charge is 0.455 e. The van der Waals surface area contributed by atoms with Gasteiger partial charge in [-0.3, -0.25) is 0 Å². The summed E-state index contributed by atoms with van der Waals surface area (Å²) in [5.41, 5.74) is 2.69. The summed E-state index contributed by atoms with van der Waals surface area (Å²) < 4.78 is 20.7. The van der Waals surface area contributed by atoms with Gasteiger partial charge in [-0.2, -0.15) is 0 Å². The Bertz CT molecular complexity index is 1250. The number of halogens is 2. The zero-order chi connectivity index (χ0) is 17.0. The van der Waals surface area contributed by atoms with Crippen molar-refractivity contribution in [1.82, 2.24) is 0 Å². The van der Waals surface area contributed by atoms with Gasteiger partial charge in [0, 0.05) is 21.7 Å². The molecule has 5 rings (SSSR count). The molecule has 0 amide bonds. The second-order valence-electron chi connectivity index (χ2n) is 6.04. The average Bonchev–Trinajstić information content (AvgIpc) is 3.01. The summed E-state index contributed by atoms with van der Waals surface area (Å²) in [5, 5.41) is 4.39. The minimum atomic E-state index is -0.338. The van der Waals surface area contributed by atoms with Crippen LogP contribution in [0, 0.1) is 5.82 Å². The molecule has 0 atom stereocenters. The van der Waals surface area contributed by atoms with Crippen LogP contribution in [0.5, 0.6) is 0 Å². The maximum atomic E-state index is 14.5. The molecule has 0 aliphatic carbocycles. The van der Waals surface area contributed by atoms with Gasteiger partial charge in [-0.15, -0.1) is 0 Å². The van der Waals surface area contributed by atoms with Gasteiger partial charge < -0.3 is 4.42 Å². The zero-order valence-electron chi connectivity index (χ0n) is 13.1. The number of hydrogen-bond acceptors (Lipinski definition) is 1. The second-order valence-corrected chi connectivity index (χ2v) is 6.45. The maximum absolute atomic E-state index is 14.5. The van der Waals surface area contributed by atoms with Crippen LogP contribution in [-0.2, 0) is 0 Å². The summed E-state index contributed by atoms with van der Waals surface area (Å²) in [6, 6.07) is 22.6. The van der Waals surface area contributed by atoms with E-state index in [2.05, 4.69) is 12.1 Å². The van der Waals surface area contributed by atoms with E-state index in [1.165, 1.54) is 6.07 Å². The number of hydrogen-bond donors (Lipinski definition) is 0. The molecule has 0 saturated heterocycles. The summed E-state index contributed by atoms with van der Waals surface area (Å²) in [6.07, 6.45) is 0. The number of furan rings is 1. The fourth-order valence-corrected chi connectivity index (χ4v) is 3.78. The van der Waals surface area contributed by atoms with Gasteiger partial charge in [0.1, 0.15) is 17.0 Å². The highest BCUT2D eigenvalue weighted by Gasteiger charge is 2.18. The molecular formula is C22H12ClFO. The molecule has 3 heteroatoms. The highest BCUT2D eigenvalue weighted by molar-refractivity contribution is 6.34.